The van der Waals surface area contributed by atoms with E-state index in [1.54, 1.807) is 25.3 Å². The Morgan fingerprint density at radius 1 is 1.03 bits per heavy atom. The van der Waals surface area contributed by atoms with Crippen molar-refractivity contribution in [2.45, 2.75) is 12.0 Å². The number of benzene rings is 2. The van der Waals surface area contributed by atoms with Gasteiger partial charge in [0.15, 0.2) is 0 Å². The summed E-state index contributed by atoms with van der Waals surface area (Å²) in [6, 6.07) is 20.3. The molecule has 2 heterocycles. The van der Waals surface area contributed by atoms with Gasteiger partial charge in [0.1, 0.15) is 30.4 Å². The summed E-state index contributed by atoms with van der Waals surface area (Å²) in [6.45, 7) is 1.43. The summed E-state index contributed by atoms with van der Waals surface area (Å²) >= 11 is 0. The first-order valence-electron chi connectivity index (χ1n) is 11.0. The van der Waals surface area contributed by atoms with Gasteiger partial charge >= 0.3 is 0 Å². The van der Waals surface area contributed by atoms with Gasteiger partial charge in [0.2, 0.25) is 0 Å². The summed E-state index contributed by atoms with van der Waals surface area (Å²) in [5.74, 6) is 0.183. The van der Waals surface area contributed by atoms with Crippen LogP contribution in [0.4, 0.5) is 0 Å². The summed E-state index contributed by atoms with van der Waals surface area (Å²) in [5, 5.41) is 10.9. The van der Waals surface area contributed by atoms with Crippen LogP contribution < -0.4 is 0 Å². The highest BCUT2D eigenvalue weighted by molar-refractivity contribution is 5.94. The summed E-state index contributed by atoms with van der Waals surface area (Å²) in [6.07, 6.45) is 1.79. The lowest BCUT2D eigenvalue weighted by molar-refractivity contribution is -0.134. The van der Waals surface area contributed by atoms with Crippen molar-refractivity contribution in [3.63, 3.8) is 0 Å². The van der Waals surface area contributed by atoms with Gasteiger partial charge in [0.05, 0.1) is 19.8 Å². The Kier molecular flexibility index (Phi) is 7.32. The third-order valence-electron chi connectivity index (χ3n) is 6.08. The van der Waals surface area contributed by atoms with Gasteiger partial charge in [-0.15, -0.1) is 0 Å². The quantitative estimate of drug-likeness (QED) is 0.698. The van der Waals surface area contributed by atoms with Crippen LogP contribution in [0.15, 0.2) is 84.1 Å². The number of fused-ring (bicyclic) bond motifs is 1. The Hall–Kier alpha value is -3.29. The first kappa shape index (κ1) is 22.9. The second-order valence-electron chi connectivity index (χ2n) is 8.11. The normalized spacial score (nSPS) is 22.9. The lowest BCUT2D eigenvalue weighted by Gasteiger charge is -2.46. The van der Waals surface area contributed by atoms with E-state index in [9.17, 15) is 9.90 Å². The number of piperazine rings is 1. The molecule has 2 aliphatic heterocycles. The van der Waals surface area contributed by atoms with E-state index >= 15 is 0 Å². The van der Waals surface area contributed by atoms with Crippen molar-refractivity contribution in [3.8, 4) is 0 Å². The highest BCUT2D eigenvalue weighted by atomic mass is 16.5. The molecule has 0 aromatic heterocycles. The minimum atomic E-state index is -0.252. The number of rotatable bonds is 7. The Morgan fingerprint density at radius 3 is 2.24 bits per heavy atom. The summed E-state index contributed by atoms with van der Waals surface area (Å²) in [5.41, 5.74) is 2.46. The second-order valence-corrected chi connectivity index (χ2v) is 8.11. The highest BCUT2D eigenvalue weighted by Crippen LogP contribution is 2.37. The van der Waals surface area contributed by atoms with Crippen molar-refractivity contribution >= 4 is 5.91 Å². The fraction of sp³-hybridized carbons (Fsp3) is 0.346. The van der Waals surface area contributed by atoms with E-state index in [-0.39, 0.29) is 42.5 Å². The molecule has 0 radical (unpaired) electrons. The van der Waals surface area contributed by atoms with Crippen molar-refractivity contribution < 1.29 is 24.1 Å². The predicted octanol–water partition coefficient (Wildman–Crippen LogP) is 3.27. The molecule has 1 saturated heterocycles. The van der Waals surface area contributed by atoms with Crippen molar-refractivity contribution in [2.75, 3.05) is 47.1 Å². The lowest BCUT2D eigenvalue weighted by atomic mass is 9.82. The fourth-order valence-electron chi connectivity index (χ4n) is 4.49. The van der Waals surface area contributed by atoms with Crippen LogP contribution >= 0.6 is 0 Å². The van der Waals surface area contributed by atoms with Crippen LogP contribution in [0, 0.1) is 0 Å². The molecule has 0 spiro atoms. The average Bonchev–Trinajstić information content (AvgIpc) is 2.84. The van der Waals surface area contributed by atoms with Gasteiger partial charge in [-0.25, -0.2) is 0 Å². The molecule has 1 amide bonds. The zero-order valence-corrected chi connectivity index (χ0v) is 19.0. The molecule has 33 heavy (non-hydrogen) atoms. The van der Waals surface area contributed by atoms with Gasteiger partial charge in [0.25, 0.3) is 5.91 Å². The van der Waals surface area contributed by atoms with E-state index in [0.717, 1.165) is 11.1 Å². The molecule has 7 heteroatoms. The molecule has 1 N–H and O–H groups in total. The van der Waals surface area contributed by atoms with Gasteiger partial charge in [-0.2, -0.15) is 0 Å². The number of methoxy groups -OCH3 is 2. The molecule has 7 nitrogen and oxygen atoms in total. The van der Waals surface area contributed by atoms with Crippen molar-refractivity contribution in [2.24, 2.45) is 0 Å². The lowest BCUT2D eigenvalue weighted by Crippen LogP contribution is -2.56. The van der Waals surface area contributed by atoms with Crippen LogP contribution in [0.1, 0.15) is 17.0 Å². The van der Waals surface area contributed by atoms with E-state index < -0.39 is 0 Å². The van der Waals surface area contributed by atoms with E-state index in [4.69, 9.17) is 14.2 Å². The minimum Gasteiger partial charge on any atom is -0.507 e. The number of ether oxygens (including phenoxy) is 3. The molecule has 0 aliphatic carbocycles. The zero-order chi connectivity index (χ0) is 23.2. The number of nitrogens with zero attached hydrogens (tertiary/aromatic N) is 2. The average molecular weight is 451 g/mol. The fourth-order valence-corrected chi connectivity index (χ4v) is 4.49. The Morgan fingerprint density at radius 2 is 1.67 bits per heavy atom. The monoisotopic (exact) mass is 450 g/mol. The molecule has 1 fully saturated rings. The maximum Gasteiger partial charge on any atom is 0.274 e. The molecule has 2 aromatic carbocycles. The SMILES string of the molecule is COCCN1C[C@H](C(c2ccccc2)c2ccccc2)N2/C=C(/OC)COC/C(O)=C\2C1=O. The topological polar surface area (TPSA) is 71.5 Å². The van der Waals surface area contributed by atoms with Gasteiger partial charge in [-0.05, 0) is 11.1 Å². The number of carbonyl (C=O) groups is 1. The first-order valence-corrected chi connectivity index (χ1v) is 11.0. The van der Waals surface area contributed by atoms with Crippen molar-refractivity contribution in [3.05, 3.63) is 95.2 Å². The summed E-state index contributed by atoms with van der Waals surface area (Å²) in [4.78, 5) is 17.1. The van der Waals surface area contributed by atoms with Crippen molar-refractivity contribution in [1.82, 2.24) is 9.80 Å². The van der Waals surface area contributed by atoms with Gasteiger partial charge < -0.3 is 29.1 Å². The maximum atomic E-state index is 13.5. The molecular formula is C26H30N2O5. The first-order chi connectivity index (χ1) is 16.1. The van der Waals surface area contributed by atoms with Crippen LogP contribution in [0.3, 0.4) is 0 Å². The molecule has 0 bridgehead atoms. The molecule has 4 rings (SSSR count). The number of hydrogen-bond donors (Lipinski definition) is 1. The number of aliphatic hydroxyl groups is 1. The Labute approximate surface area is 194 Å². The summed E-state index contributed by atoms with van der Waals surface area (Å²) in [7, 11) is 3.19. The summed E-state index contributed by atoms with van der Waals surface area (Å²) < 4.78 is 16.3. The van der Waals surface area contributed by atoms with Crippen LogP contribution in [-0.2, 0) is 19.0 Å². The maximum absolute atomic E-state index is 13.5. The molecule has 2 aromatic rings. The molecule has 0 saturated carbocycles. The van der Waals surface area contributed by atoms with Crippen LogP contribution in [0.2, 0.25) is 0 Å². The van der Waals surface area contributed by atoms with E-state index in [1.165, 1.54) is 0 Å². The highest BCUT2D eigenvalue weighted by Gasteiger charge is 2.42. The molecule has 1 atom stereocenters. The van der Waals surface area contributed by atoms with Gasteiger partial charge in [0, 0.05) is 32.3 Å². The van der Waals surface area contributed by atoms with Gasteiger partial charge in [-0.1, -0.05) is 60.7 Å². The zero-order valence-electron chi connectivity index (χ0n) is 19.0. The van der Waals surface area contributed by atoms with E-state index in [0.29, 0.717) is 25.5 Å². The molecule has 174 valence electrons. The smallest absolute Gasteiger partial charge is 0.274 e. The van der Waals surface area contributed by atoms with Crippen molar-refractivity contribution in [1.29, 1.82) is 0 Å². The Bertz CT molecular complexity index is 966. The third-order valence-corrected chi connectivity index (χ3v) is 6.08. The van der Waals surface area contributed by atoms with Gasteiger partial charge in [-0.3, -0.25) is 4.79 Å². The minimum absolute atomic E-state index is 0.0650. The number of amides is 1. The van der Waals surface area contributed by atoms with E-state index in [2.05, 4.69) is 24.3 Å². The largest absolute Gasteiger partial charge is 0.507 e. The predicted molar refractivity (Wildman–Crippen MR) is 124 cm³/mol. The van der Waals surface area contributed by atoms with Crippen LogP contribution in [0.5, 0.6) is 0 Å². The standard InChI is InChI=1S/C26H30N2O5/c1-31-14-13-27-16-22(24(19-9-5-3-6-10-19)20-11-7-4-8-12-20)28-15-21(32-2)17-33-18-23(29)25(28)26(27)30/h3-12,15,22,24,29H,13-14,16-18H2,1-2H3/b21-15+,25-23+/t22-/m1/s1. The molecule has 2 aliphatic rings. The molecular weight excluding hydrogens is 420 g/mol. The third kappa shape index (κ3) is 4.89. The number of aliphatic hydroxyl groups excluding tert-OH is 1. The molecule has 0 unspecified atom stereocenters. The Balaban J connectivity index is 1.88. The van der Waals surface area contributed by atoms with Crippen LogP contribution in [0.25, 0.3) is 0 Å². The van der Waals surface area contributed by atoms with E-state index in [1.807, 2.05) is 41.3 Å². The number of hydrogen-bond acceptors (Lipinski definition) is 6. The second kappa shape index (κ2) is 10.6. The van der Waals surface area contributed by atoms with Crippen LogP contribution in [-0.4, -0.2) is 74.0 Å². The number of carbonyl (C=O) groups excluding carboxylic acids is 1.